The zero-order chi connectivity index (χ0) is 13.2. The third kappa shape index (κ3) is 2.56. The van der Waals surface area contributed by atoms with E-state index < -0.39 is 11.5 Å². The van der Waals surface area contributed by atoms with Crippen LogP contribution in [0.15, 0.2) is 24.3 Å². The van der Waals surface area contributed by atoms with Crippen LogP contribution in [0.5, 0.6) is 0 Å². The van der Waals surface area contributed by atoms with Crippen LogP contribution in [0.25, 0.3) is 0 Å². The first kappa shape index (κ1) is 13.1. The largest absolute Gasteiger partial charge is 0.480 e. The van der Waals surface area contributed by atoms with Crippen molar-refractivity contribution in [1.82, 2.24) is 4.90 Å². The molecular weight excluding hydrogens is 226 g/mol. The third-order valence-electron chi connectivity index (χ3n) is 3.93. The molecule has 3 nitrogen and oxygen atoms in total. The number of aliphatic carboxylic acids is 1. The topological polar surface area (TPSA) is 40.5 Å². The summed E-state index contributed by atoms with van der Waals surface area (Å²) in [7, 11) is 0. The highest BCUT2D eigenvalue weighted by Gasteiger charge is 2.40. The van der Waals surface area contributed by atoms with Crippen LogP contribution in [0.4, 0.5) is 0 Å². The molecule has 0 aliphatic carbocycles. The third-order valence-corrected chi connectivity index (χ3v) is 3.93. The summed E-state index contributed by atoms with van der Waals surface area (Å²) in [6.07, 6.45) is 2.79. The molecule has 0 saturated carbocycles. The quantitative estimate of drug-likeness (QED) is 0.888. The number of likely N-dealkylation sites (tertiary alicyclic amines) is 1. The minimum Gasteiger partial charge on any atom is -0.480 e. The van der Waals surface area contributed by atoms with Crippen molar-refractivity contribution >= 4 is 5.97 Å². The second-order valence-corrected chi connectivity index (χ2v) is 5.44. The van der Waals surface area contributed by atoms with Gasteiger partial charge in [-0.3, -0.25) is 9.69 Å². The SMILES string of the molecule is Cc1ccc(CC(C)(C(=O)O)N2CCCC2)cc1. The smallest absolute Gasteiger partial charge is 0.324 e. The number of hydrogen-bond donors (Lipinski definition) is 1. The highest BCUT2D eigenvalue weighted by atomic mass is 16.4. The Bertz CT molecular complexity index is 421. The molecule has 98 valence electrons. The molecule has 0 spiro atoms. The molecule has 1 heterocycles. The minimum atomic E-state index is -0.772. The van der Waals surface area contributed by atoms with Gasteiger partial charge in [0.05, 0.1) is 0 Å². The van der Waals surface area contributed by atoms with E-state index in [0.717, 1.165) is 31.5 Å². The summed E-state index contributed by atoms with van der Waals surface area (Å²) in [6, 6.07) is 8.16. The Kier molecular flexibility index (Phi) is 3.71. The van der Waals surface area contributed by atoms with Crippen LogP contribution in [0.3, 0.4) is 0 Å². The first-order valence-corrected chi connectivity index (χ1v) is 6.56. The number of benzene rings is 1. The van der Waals surface area contributed by atoms with Crippen LogP contribution in [0.2, 0.25) is 0 Å². The lowest BCUT2D eigenvalue weighted by atomic mass is 9.91. The van der Waals surface area contributed by atoms with Crippen LogP contribution in [-0.4, -0.2) is 34.6 Å². The van der Waals surface area contributed by atoms with E-state index in [-0.39, 0.29) is 0 Å². The molecule has 2 rings (SSSR count). The van der Waals surface area contributed by atoms with Gasteiger partial charge in [-0.2, -0.15) is 0 Å². The Morgan fingerprint density at radius 3 is 2.33 bits per heavy atom. The molecule has 1 aliphatic heterocycles. The number of rotatable bonds is 4. The maximum absolute atomic E-state index is 11.6. The Morgan fingerprint density at radius 2 is 1.83 bits per heavy atom. The van der Waals surface area contributed by atoms with Crippen molar-refractivity contribution in [2.75, 3.05) is 13.1 Å². The van der Waals surface area contributed by atoms with Gasteiger partial charge in [-0.15, -0.1) is 0 Å². The van der Waals surface area contributed by atoms with Gasteiger partial charge in [-0.05, 0) is 45.3 Å². The molecular formula is C15H21NO2. The lowest BCUT2D eigenvalue weighted by Gasteiger charge is -2.35. The van der Waals surface area contributed by atoms with E-state index in [9.17, 15) is 9.90 Å². The first-order chi connectivity index (χ1) is 8.52. The predicted octanol–water partition coefficient (Wildman–Crippen LogP) is 2.48. The first-order valence-electron chi connectivity index (χ1n) is 6.56. The highest BCUT2D eigenvalue weighted by molar-refractivity contribution is 5.78. The van der Waals surface area contributed by atoms with Crippen LogP contribution in [0.1, 0.15) is 30.9 Å². The lowest BCUT2D eigenvalue weighted by molar-refractivity contribution is -0.149. The molecule has 1 fully saturated rings. The van der Waals surface area contributed by atoms with E-state index >= 15 is 0 Å². The normalized spacial score (nSPS) is 19.7. The van der Waals surface area contributed by atoms with Crippen LogP contribution >= 0.6 is 0 Å². The molecule has 0 aromatic heterocycles. The Morgan fingerprint density at radius 1 is 1.28 bits per heavy atom. The van der Waals surface area contributed by atoms with E-state index in [4.69, 9.17) is 0 Å². The molecule has 1 atom stereocenters. The van der Waals surface area contributed by atoms with Gasteiger partial charge in [0.2, 0.25) is 0 Å². The van der Waals surface area contributed by atoms with Crippen molar-refractivity contribution < 1.29 is 9.90 Å². The van der Waals surface area contributed by atoms with Crippen molar-refractivity contribution in [2.24, 2.45) is 0 Å². The van der Waals surface area contributed by atoms with Crippen molar-refractivity contribution in [3.63, 3.8) is 0 Å². The van der Waals surface area contributed by atoms with E-state index in [0.29, 0.717) is 6.42 Å². The molecule has 1 aromatic carbocycles. The Balaban J connectivity index is 2.20. The number of carboxylic acid groups (broad SMARTS) is 1. The number of carboxylic acids is 1. The molecule has 0 bridgehead atoms. The summed E-state index contributed by atoms with van der Waals surface area (Å²) in [5, 5.41) is 9.57. The van der Waals surface area contributed by atoms with Gasteiger partial charge in [0.15, 0.2) is 0 Å². The standard InChI is InChI=1S/C15H21NO2/c1-12-5-7-13(8-6-12)11-15(2,14(17)18)16-9-3-4-10-16/h5-8H,3-4,9-11H2,1-2H3,(H,17,18). The summed E-state index contributed by atoms with van der Waals surface area (Å²) in [6.45, 7) is 5.68. The van der Waals surface area contributed by atoms with Gasteiger partial charge in [0.1, 0.15) is 5.54 Å². The summed E-state index contributed by atoms with van der Waals surface area (Å²) in [5.41, 5.74) is 1.53. The molecule has 1 N–H and O–H groups in total. The van der Waals surface area contributed by atoms with Crippen LogP contribution < -0.4 is 0 Å². The van der Waals surface area contributed by atoms with Crippen LogP contribution in [0, 0.1) is 6.92 Å². The summed E-state index contributed by atoms with van der Waals surface area (Å²) < 4.78 is 0. The molecule has 1 unspecified atom stereocenters. The van der Waals surface area contributed by atoms with Gasteiger partial charge in [0.25, 0.3) is 0 Å². The fourth-order valence-electron chi connectivity index (χ4n) is 2.64. The maximum atomic E-state index is 11.6. The minimum absolute atomic E-state index is 0.572. The van der Waals surface area contributed by atoms with E-state index in [1.165, 1.54) is 5.56 Å². The van der Waals surface area contributed by atoms with Crippen molar-refractivity contribution in [3.05, 3.63) is 35.4 Å². The predicted molar refractivity (Wildman–Crippen MR) is 71.7 cm³/mol. The number of nitrogens with zero attached hydrogens (tertiary/aromatic N) is 1. The monoisotopic (exact) mass is 247 g/mol. The van der Waals surface area contributed by atoms with Gasteiger partial charge >= 0.3 is 5.97 Å². The van der Waals surface area contributed by atoms with Gasteiger partial charge in [0, 0.05) is 6.42 Å². The zero-order valence-electron chi connectivity index (χ0n) is 11.1. The maximum Gasteiger partial charge on any atom is 0.324 e. The number of hydrogen-bond acceptors (Lipinski definition) is 2. The molecule has 1 saturated heterocycles. The summed E-state index contributed by atoms with van der Waals surface area (Å²) >= 11 is 0. The molecule has 0 radical (unpaired) electrons. The second-order valence-electron chi connectivity index (χ2n) is 5.44. The van der Waals surface area contributed by atoms with E-state index in [1.807, 2.05) is 38.1 Å². The number of aryl methyl sites for hydroxylation is 1. The van der Waals surface area contributed by atoms with Crippen molar-refractivity contribution in [3.8, 4) is 0 Å². The van der Waals surface area contributed by atoms with Crippen molar-refractivity contribution in [2.45, 2.75) is 38.6 Å². The van der Waals surface area contributed by atoms with Gasteiger partial charge in [-0.25, -0.2) is 0 Å². The highest BCUT2D eigenvalue weighted by Crippen LogP contribution is 2.26. The van der Waals surface area contributed by atoms with E-state index in [1.54, 1.807) is 0 Å². The molecule has 0 amide bonds. The average Bonchev–Trinajstić information content (AvgIpc) is 2.86. The number of carbonyl (C=O) groups is 1. The van der Waals surface area contributed by atoms with Crippen molar-refractivity contribution in [1.29, 1.82) is 0 Å². The Labute approximate surface area is 108 Å². The average molecular weight is 247 g/mol. The molecule has 1 aliphatic rings. The van der Waals surface area contributed by atoms with Gasteiger partial charge in [-0.1, -0.05) is 29.8 Å². The molecule has 18 heavy (non-hydrogen) atoms. The van der Waals surface area contributed by atoms with E-state index in [2.05, 4.69) is 4.90 Å². The molecule has 3 heteroatoms. The zero-order valence-corrected chi connectivity index (χ0v) is 11.1. The summed E-state index contributed by atoms with van der Waals surface area (Å²) in [5.74, 6) is -0.718. The fourth-order valence-corrected chi connectivity index (χ4v) is 2.64. The fraction of sp³-hybridized carbons (Fsp3) is 0.533. The molecule has 1 aromatic rings. The lowest BCUT2D eigenvalue weighted by Crippen LogP contribution is -2.52. The second kappa shape index (κ2) is 5.11. The Hall–Kier alpha value is -1.35. The van der Waals surface area contributed by atoms with Gasteiger partial charge < -0.3 is 5.11 Å². The summed E-state index contributed by atoms with van der Waals surface area (Å²) in [4.78, 5) is 13.7. The van der Waals surface area contributed by atoms with Crippen LogP contribution in [-0.2, 0) is 11.2 Å².